The SMILES string of the molecule is CC1CCCCC1(CN)NS(=O)(=O)c1cccc(F)c1. The number of sulfonamides is 1. The summed E-state index contributed by atoms with van der Waals surface area (Å²) in [5, 5.41) is 0. The molecule has 2 atom stereocenters. The molecule has 1 aromatic rings. The lowest BCUT2D eigenvalue weighted by Gasteiger charge is -2.42. The van der Waals surface area contributed by atoms with Crippen LogP contribution in [0.1, 0.15) is 32.6 Å². The van der Waals surface area contributed by atoms with Crippen LogP contribution in [0, 0.1) is 11.7 Å². The number of rotatable bonds is 4. The Morgan fingerprint density at radius 2 is 2.20 bits per heavy atom. The van der Waals surface area contributed by atoms with Gasteiger partial charge in [0.15, 0.2) is 0 Å². The molecule has 112 valence electrons. The standard InChI is InChI=1S/C14H21FN2O2S/c1-11-5-2-3-8-14(11,10-16)17-20(18,19)13-7-4-6-12(15)9-13/h4,6-7,9,11,17H,2-3,5,8,10,16H2,1H3. The molecule has 2 unspecified atom stereocenters. The van der Waals surface area contributed by atoms with Crippen LogP contribution in [0.4, 0.5) is 4.39 Å². The van der Waals surface area contributed by atoms with E-state index in [0.29, 0.717) is 0 Å². The molecule has 3 N–H and O–H groups in total. The van der Waals surface area contributed by atoms with Crippen molar-refractivity contribution in [3.63, 3.8) is 0 Å². The van der Waals surface area contributed by atoms with Crippen molar-refractivity contribution in [2.24, 2.45) is 11.7 Å². The summed E-state index contributed by atoms with van der Waals surface area (Å²) in [6.45, 7) is 2.27. The zero-order valence-electron chi connectivity index (χ0n) is 11.6. The van der Waals surface area contributed by atoms with Crippen molar-refractivity contribution in [3.8, 4) is 0 Å². The number of benzene rings is 1. The molecule has 0 aromatic heterocycles. The van der Waals surface area contributed by atoms with Crippen LogP contribution in [0.15, 0.2) is 29.2 Å². The van der Waals surface area contributed by atoms with Gasteiger partial charge in [-0.15, -0.1) is 0 Å². The minimum Gasteiger partial charge on any atom is -0.329 e. The molecule has 0 heterocycles. The molecule has 0 aliphatic heterocycles. The molecule has 1 aromatic carbocycles. The van der Waals surface area contributed by atoms with Gasteiger partial charge in [-0.1, -0.05) is 25.8 Å². The second kappa shape index (κ2) is 5.79. The Morgan fingerprint density at radius 3 is 2.80 bits per heavy atom. The van der Waals surface area contributed by atoms with Gasteiger partial charge < -0.3 is 5.73 Å². The molecule has 0 saturated heterocycles. The molecule has 0 spiro atoms. The molecule has 6 heteroatoms. The highest BCUT2D eigenvalue weighted by Gasteiger charge is 2.40. The van der Waals surface area contributed by atoms with E-state index in [4.69, 9.17) is 5.73 Å². The van der Waals surface area contributed by atoms with Gasteiger partial charge in [0, 0.05) is 12.1 Å². The summed E-state index contributed by atoms with van der Waals surface area (Å²) in [5.74, 6) is -0.393. The van der Waals surface area contributed by atoms with Gasteiger partial charge in [-0.25, -0.2) is 17.5 Å². The summed E-state index contributed by atoms with van der Waals surface area (Å²) >= 11 is 0. The van der Waals surface area contributed by atoms with Crippen LogP contribution in [0.5, 0.6) is 0 Å². The summed E-state index contributed by atoms with van der Waals surface area (Å²) in [6.07, 6.45) is 3.71. The number of halogens is 1. The third-order valence-corrected chi connectivity index (χ3v) is 5.81. The van der Waals surface area contributed by atoms with Gasteiger partial charge in [0.05, 0.1) is 4.90 Å². The Bertz CT molecular complexity index is 576. The predicted molar refractivity (Wildman–Crippen MR) is 76.1 cm³/mol. The van der Waals surface area contributed by atoms with Crippen LogP contribution in [-0.4, -0.2) is 20.5 Å². The molecule has 0 radical (unpaired) electrons. The normalized spacial score (nSPS) is 27.4. The Morgan fingerprint density at radius 1 is 1.45 bits per heavy atom. The summed E-state index contributed by atoms with van der Waals surface area (Å²) in [4.78, 5) is -0.0527. The fourth-order valence-corrected chi connectivity index (χ4v) is 4.44. The lowest BCUT2D eigenvalue weighted by Crippen LogP contribution is -2.58. The van der Waals surface area contributed by atoms with Crippen LogP contribution in [0.25, 0.3) is 0 Å². The first-order valence-electron chi connectivity index (χ1n) is 6.89. The summed E-state index contributed by atoms with van der Waals surface area (Å²) in [5.41, 5.74) is 5.22. The van der Waals surface area contributed by atoms with Crippen molar-refractivity contribution in [3.05, 3.63) is 30.1 Å². The smallest absolute Gasteiger partial charge is 0.241 e. The van der Waals surface area contributed by atoms with Gasteiger partial charge in [-0.05, 0) is 37.0 Å². The zero-order valence-corrected chi connectivity index (χ0v) is 12.4. The van der Waals surface area contributed by atoms with E-state index in [1.807, 2.05) is 6.92 Å². The first kappa shape index (κ1) is 15.4. The zero-order chi connectivity index (χ0) is 14.8. The van der Waals surface area contributed by atoms with Crippen LogP contribution in [0.2, 0.25) is 0 Å². The average Bonchev–Trinajstić information content (AvgIpc) is 2.41. The fraction of sp³-hybridized carbons (Fsp3) is 0.571. The molecule has 4 nitrogen and oxygen atoms in total. The van der Waals surface area contributed by atoms with Crippen LogP contribution < -0.4 is 10.5 Å². The van der Waals surface area contributed by atoms with Crippen molar-refractivity contribution < 1.29 is 12.8 Å². The van der Waals surface area contributed by atoms with Gasteiger partial charge in [0.25, 0.3) is 0 Å². The minimum atomic E-state index is -3.76. The number of nitrogens with two attached hydrogens (primary N) is 1. The number of hydrogen-bond acceptors (Lipinski definition) is 3. The molecule has 20 heavy (non-hydrogen) atoms. The average molecular weight is 300 g/mol. The van der Waals surface area contributed by atoms with Gasteiger partial charge in [0.1, 0.15) is 5.82 Å². The topological polar surface area (TPSA) is 72.2 Å². The summed E-state index contributed by atoms with van der Waals surface area (Å²) in [6, 6.07) is 5.04. The number of nitrogens with one attached hydrogen (secondary N) is 1. The Balaban J connectivity index is 2.30. The maximum atomic E-state index is 13.2. The lowest BCUT2D eigenvalue weighted by molar-refractivity contribution is 0.191. The van der Waals surface area contributed by atoms with Crippen LogP contribution in [-0.2, 0) is 10.0 Å². The Hall–Kier alpha value is -0.980. The maximum absolute atomic E-state index is 13.2. The molecule has 1 aliphatic carbocycles. The van der Waals surface area contributed by atoms with Gasteiger partial charge in [0.2, 0.25) is 10.0 Å². The third kappa shape index (κ3) is 3.02. The van der Waals surface area contributed by atoms with E-state index in [9.17, 15) is 12.8 Å². The summed E-state index contributed by atoms with van der Waals surface area (Å²) < 4.78 is 40.8. The largest absolute Gasteiger partial charge is 0.329 e. The molecule has 0 amide bonds. The highest BCUT2D eigenvalue weighted by molar-refractivity contribution is 7.89. The fourth-order valence-electron chi connectivity index (χ4n) is 2.87. The first-order chi connectivity index (χ1) is 9.39. The quantitative estimate of drug-likeness (QED) is 0.893. The van der Waals surface area contributed by atoms with Crippen molar-refractivity contribution in [2.75, 3.05) is 6.54 Å². The molecular formula is C14H21FN2O2S. The molecule has 1 fully saturated rings. The third-order valence-electron chi connectivity index (χ3n) is 4.26. The number of hydrogen-bond donors (Lipinski definition) is 2. The Kier molecular flexibility index (Phi) is 4.46. The predicted octanol–water partition coefficient (Wildman–Crippen LogP) is 2.01. The lowest BCUT2D eigenvalue weighted by atomic mass is 9.74. The highest BCUT2D eigenvalue weighted by atomic mass is 32.2. The van der Waals surface area contributed by atoms with Gasteiger partial charge in [-0.3, -0.25) is 0 Å². The van der Waals surface area contributed by atoms with E-state index >= 15 is 0 Å². The second-order valence-electron chi connectivity index (χ2n) is 5.57. The van der Waals surface area contributed by atoms with Crippen molar-refractivity contribution in [2.45, 2.75) is 43.0 Å². The van der Waals surface area contributed by atoms with E-state index in [1.54, 1.807) is 0 Å². The van der Waals surface area contributed by atoms with E-state index in [0.717, 1.165) is 31.7 Å². The monoisotopic (exact) mass is 300 g/mol. The second-order valence-corrected chi connectivity index (χ2v) is 7.25. The van der Waals surface area contributed by atoms with Crippen LogP contribution >= 0.6 is 0 Å². The van der Waals surface area contributed by atoms with E-state index in [-0.39, 0.29) is 17.4 Å². The molecular weight excluding hydrogens is 279 g/mol. The van der Waals surface area contributed by atoms with Crippen LogP contribution in [0.3, 0.4) is 0 Å². The molecule has 2 rings (SSSR count). The maximum Gasteiger partial charge on any atom is 0.241 e. The molecule has 1 saturated carbocycles. The summed E-state index contributed by atoms with van der Waals surface area (Å²) in [7, 11) is -3.76. The van der Waals surface area contributed by atoms with E-state index in [1.165, 1.54) is 18.2 Å². The molecule has 0 bridgehead atoms. The van der Waals surface area contributed by atoms with Crippen molar-refractivity contribution >= 4 is 10.0 Å². The highest BCUT2D eigenvalue weighted by Crippen LogP contribution is 2.34. The van der Waals surface area contributed by atoms with Gasteiger partial charge >= 0.3 is 0 Å². The van der Waals surface area contributed by atoms with Crippen molar-refractivity contribution in [1.82, 2.24) is 4.72 Å². The van der Waals surface area contributed by atoms with E-state index < -0.39 is 21.4 Å². The Labute approximate surface area is 119 Å². The van der Waals surface area contributed by atoms with Crippen molar-refractivity contribution in [1.29, 1.82) is 0 Å². The molecule has 1 aliphatic rings. The minimum absolute atomic E-state index is 0.0527. The first-order valence-corrected chi connectivity index (χ1v) is 8.37. The van der Waals surface area contributed by atoms with E-state index in [2.05, 4.69) is 4.72 Å². The van der Waals surface area contributed by atoms with Gasteiger partial charge in [-0.2, -0.15) is 0 Å².